The number of hydrogen-bond acceptors (Lipinski definition) is 4. The predicted molar refractivity (Wildman–Crippen MR) is 141 cm³/mol. The van der Waals surface area contributed by atoms with Gasteiger partial charge in [0.1, 0.15) is 0 Å². The van der Waals surface area contributed by atoms with Gasteiger partial charge in [-0.25, -0.2) is 13.2 Å². The summed E-state index contributed by atoms with van der Waals surface area (Å²) >= 11 is 0. The average molecular weight is 509 g/mol. The van der Waals surface area contributed by atoms with E-state index in [0.717, 1.165) is 68.9 Å². The first-order valence-electron chi connectivity index (χ1n) is 14.3. The van der Waals surface area contributed by atoms with Gasteiger partial charge in [-0.1, -0.05) is 66.2 Å². The lowest BCUT2D eigenvalue weighted by Crippen LogP contribution is -2.54. The number of carbonyl (C=O) groups is 1. The van der Waals surface area contributed by atoms with Crippen molar-refractivity contribution < 1.29 is 18.0 Å². The number of sulfonamides is 1. The lowest BCUT2D eigenvalue weighted by atomic mass is 9.70. The first-order chi connectivity index (χ1) is 16.4. The first-order valence-corrected chi connectivity index (χ1v) is 15.9. The third-order valence-electron chi connectivity index (χ3n) is 10.4. The van der Waals surface area contributed by atoms with E-state index in [4.69, 9.17) is 0 Å². The maximum absolute atomic E-state index is 14.5. The van der Waals surface area contributed by atoms with Gasteiger partial charge in [0.15, 0.2) is 5.71 Å². The van der Waals surface area contributed by atoms with Crippen LogP contribution in [0.3, 0.4) is 0 Å². The molecule has 4 aliphatic rings. The number of fused-ring (bicyclic) bond motifs is 2. The van der Waals surface area contributed by atoms with Gasteiger partial charge in [0.05, 0.1) is 11.2 Å². The smallest absolute Gasteiger partial charge is 0.218 e. The van der Waals surface area contributed by atoms with Crippen molar-refractivity contribution in [3.8, 4) is 0 Å². The summed E-state index contributed by atoms with van der Waals surface area (Å²) in [6, 6.07) is -0.570. The molecule has 35 heavy (non-hydrogen) atoms. The highest BCUT2D eigenvalue weighted by Crippen LogP contribution is 2.65. The Morgan fingerprint density at radius 2 is 1.49 bits per heavy atom. The molecule has 4 rings (SSSR count). The zero-order valence-electron chi connectivity index (χ0n) is 22.7. The van der Waals surface area contributed by atoms with E-state index in [9.17, 15) is 18.4 Å². The van der Waals surface area contributed by atoms with E-state index in [1.165, 1.54) is 12.8 Å². The maximum Gasteiger partial charge on any atom is 0.218 e. The number of nitrogens with zero attached hydrogens (tertiary/aromatic N) is 2. The highest BCUT2D eigenvalue weighted by atomic mass is 32.2. The van der Waals surface area contributed by atoms with Gasteiger partial charge >= 0.3 is 0 Å². The molecule has 4 saturated carbocycles. The van der Waals surface area contributed by atoms with Crippen molar-refractivity contribution in [1.82, 2.24) is 4.31 Å². The zero-order chi connectivity index (χ0) is 25.6. The molecule has 2 bridgehead atoms. The Kier molecular flexibility index (Phi) is 7.80. The van der Waals surface area contributed by atoms with Crippen molar-refractivity contribution in [2.75, 3.05) is 5.75 Å². The van der Waals surface area contributed by atoms with Crippen LogP contribution in [0.1, 0.15) is 118 Å². The van der Waals surface area contributed by atoms with Crippen LogP contribution in [0.2, 0.25) is 0 Å². The van der Waals surface area contributed by atoms with Gasteiger partial charge < -0.3 is 5.21 Å². The minimum atomic E-state index is -3.59. The quantitative estimate of drug-likeness (QED) is 0.240. The van der Waals surface area contributed by atoms with E-state index in [-0.39, 0.29) is 35.0 Å². The number of hydrogen-bond donors (Lipinski definition) is 0. The summed E-state index contributed by atoms with van der Waals surface area (Å²) in [7, 11) is -3.59. The minimum absolute atomic E-state index is 0.0210. The predicted octanol–water partition coefficient (Wildman–Crippen LogP) is 5.67. The molecular weight excluding hydrogens is 460 g/mol. The molecule has 3 atom stereocenters. The number of carbonyl (C=O) groups excluding carboxylic acids is 1. The largest absolute Gasteiger partial charge is 0.623 e. The van der Waals surface area contributed by atoms with Crippen molar-refractivity contribution in [3.63, 3.8) is 0 Å². The Balaban J connectivity index is 1.73. The van der Waals surface area contributed by atoms with Gasteiger partial charge in [0.25, 0.3) is 0 Å². The van der Waals surface area contributed by atoms with Crippen LogP contribution in [0.15, 0.2) is 0 Å². The zero-order valence-corrected chi connectivity index (χ0v) is 23.5. The van der Waals surface area contributed by atoms with Gasteiger partial charge in [0, 0.05) is 31.3 Å². The van der Waals surface area contributed by atoms with Crippen LogP contribution in [0.5, 0.6) is 0 Å². The topological polar surface area (TPSA) is 80.5 Å². The molecule has 200 valence electrons. The molecule has 0 heterocycles. The molecule has 0 aromatic rings. The first kappa shape index (κ1) is 27.1. The van der Waals surface area contributed by atoms with Crippen LogP contribution in [-0.2, 0) is 14.8 Å². The van der Waals surface area contributed by atoms with Crippen LogP contribution in [0.4, 0.5) is 0 Å². The average Bonchev–Trinajstić information content (AvgIpc) is 3.18. The molecule has 0 N–H and O–H groups in total. The van der Waals surface area contributed by atoms with Crippen LogP contribution in [-0.4, -0.2) is 52.8 Å². The highest BCUT2D eigenvalue weighted by Gasteiger charge is 2.68. The second-order valence-electron chi connectivity index (χ2n) is 12.9. The van der Waals surface area contributed by atoms with Gasteiger partial charge in [-0.15, -0.1) is 0 Å². The van der Waals surface area contributed by atoms with E-state index in [2.05, 4.69) is 13.8 Å². The summed E-state index contributed by atoms with van der Waals surface area (Å²) in [5.41, 5.74) is -0.287. The second-order valence-corrected chi connectivity index (χ2v) is 14.8. The Hall–Kier alpha value is -0.950. The number of ketones is 1. The molecule has 0 amide bonds. The summed E-state index contributed by atoms with van der Waals surface area (Å²) in [5, 5.41) is 13.7. The van der Waals surface area contributed by atoms with Crippen molar-refractivity contribution >= 4 is 21.5 Å². The normalized spacial score (nSPS) is 32.4. The van der Waals surface area contributed by atoms with E-state index in [1.54, 1.807) is 6.92 Å². The van der Waals surface area contributed by atoms with Crippen molar-refractivity contribution in [2.24, 2.45) is 22.7 Å². The van der Waals surface area contributed by atoms with Gasteiger partial charge in [0.2, 0.25) is 21.8 Å². The summed E-state index contributed by atoms with van der Waals surface area (Å²) in [5.74, 6) is 0.0227. The number of rotatable bonds is 8. The highest BCUT2D eigenvalue weighted by molar-refractivity contribution is 7.89. The van der Waals surface area contributed by atoms with Gasteiger partial charge in [-0.05, 0) is 49.9 Å². The summed E-state index contributed by atoms with van der Waals surface area (Å²) in [6.07, 6.45) is 12.9. The molecule has 6 nitrogen and oxygen atoms in total. The summed E-state index contributed by atoms with van der Waals surface area (Å²) in [4.78, 5) is 12.7. The number of hydroxylamine groups is 1. The Labute approximate surface area is 213 Å². The van der Waals surface area contributed by atoms with E-state index < -0.39 is 21.5 Å². The summed E-state index contributed by atoms with van der Waals surface area (Å²) < 4.78 is 31.8. The Morgan fingerprint density at radius 3 is 1.94 bits per heavy atom. The van der Waals surface area contributed by atoms with Crippen LogP contribution < -0.4 is 0 Å². The molecule has 0 radical (unpaired) electrons. The molecule has 0 aliphatic heterocycles. The van der Waals surface area contributed by atoms with E-state index >= 15 is 0 Å². The standard InChI is InChI=1S/C28H48N2O4S/c1-20(2)26(31)21(3)29(32)25-18-22-16-17-28(25,27(22,4)5)19-35(33,34)30(23-12-8-6-9-13-23)24-14-10-7-11-15-24/h20-24H,6-19H2,1-5H3/b29-25-/t21-,22+,28+/m0/s1. The second kappa shape index (κ2) is 10.1. The van der Waals surface area contributed by atoms with Crippen LogP contribution >= 0.6 is 0 Å². The fourth-order valence-electron chi connectivity index (χ4n) is 8.08. The van der Waals surface area contributed by atoms with Crippen LogP contribution in [0, 0.1) is 27.9 Å². The van der Waals surface area contributed by atoms with Crippen molar-refractivity contribution in [3.05, 3.63) is 5.21 Å². The lowest BCUT2D eigenvalue weighted by molar-refractivity contribution is -0.487. The molecule has 0 spiro atoms. The molecule has 0 aromatic carbocycles. The molecule has 4 fully saturated rings. The number of Topliss-reactive ketones (excluding diaryl/α,β-unsaturated/α-hetero) is 1. The Morgan fingerprint density at radius 1 is 0.971 bits per heavy atom. The van der Waals surface area contributed by atoms with Gasteiger partial charge in [-0.3, -0.25) is 4.79 Å². The molecule has 4 aliphatic carbocycles. The fourth-order valence-corrected chi connectivity index (χ4v) is 10.9. The van der Waals surface area contributed by atoms with Gasteiger partial charge in [-0.2, -0.15) is 4.31 Å². The van der Waals surface area contributed by atoms with Crippen molar-refractivity contribution in [2.45, 2.75) is 136 Å². The maximum atomic E-state index is 14.5. The molecule has 0 saturated heterocycles. The SMILES string of the molecule is CC(C)C(=O)[C@H](C)/[N+]([O-])=C1\C[C@H]2CC[C@]1(CS(=O)(=O)N(C1CCCCC1)C1CCCCC1)C2(C)C. The lowest BCUT2D eigenvalue weighted by Gasteiger charge is -2.44. The van der Waals surface area contributed by atoms with Crippen LogP contribution in [0.25, 0.3) is 0 Å². The molecule has 0 aromatic heterocycles. The molecule has 7 heteroatoms. The van der Waals surface area contributed by atoms with E-state index in [0.29, 0.717) is 18.1 Å². The fraction of sp³-hybridized carbons (Fsp3) is 0.929. The minimum Gasteiger partial charge on any atom is -0.623 e. The Bertz CT molecular complexity index is 911. The van der Waals surface area contributed by atoms with E-state index in [1.807, 2.05) is 18.2 Å². The summed E-state index contributed by atoms with van der Waals surface area (Å²) in [6.45, 7) is 9.69. The molecular formula is C28H48N2O4S. The third kappa shape index (κ3) is 4.73. The monoisotopic (exact) mass is 508 g/mol. The van der Waals surface area contributed by atoms with Crippen molar-refractivity contribution in [1.29, 1.82) is 0 Å². The third-order valence-corrected chi connectivity index (χ3v) is 12.5. The molecule has 0 unspecified atom stereocenters.